The molecule has 1 aliphatic heterocycles. The molecule has 1 aromatic carbocycles. The average molecular weight is 282 g/mol. The van der Waals surface area contributed by atoms with Crippen molar-refractivity contribution in [1.29, 1.82) is 0 Å². The van der Waals surface area contributed by atoms with Crippen LogP contribution in [0.15, 0.2) is 18.2 Å². The summed E-state index contributed by atoms with van der Waals surface area (Å²) < 4.78 is 11.3. The second-order valence-corrected chi connectivity index (χ2v) is 5.67. The van der Waals surface area contributed by atoms with Gasteiger partial charge in [-0.1, -0.05) is 12.1 Å². The van der Waals surface area contributed by atoms with Gasteiger partial charge in [0.15, 0.2) is 11.5 Å². The van der Waals surface area contributed by atoms with Crippen molar-refractivity contribution in [2.75, 3.05) is 18.6 Å². The molecule has 0 bridgehead atoms. The number of aliphatic carboxylic acids is 1. The van der Waals surface area contributed by atoms with Crippen LogP contribution in [0.2, 0.25) is 0 Å². The number of rotatable bonds is 5. The second-order valence-electron chi connectivity index (χ2n) is 4.45. The molecular formula is C14H18O4S. The molecule has 1 aliphatic rings. The fourth-order valence-electron chi connectivity index (χ4n) is 2.12. The maximum absolute atomic E-state index is 10.9. The molecule has 0 aliphatic carbocycles. The van der Waals surface area contributed by atoms with Crippen LogP contribution in [0, 0.1) is 0 Å². The molecule has 4 nitrogen and oxygen atoms in total. The summed E-state index contributed by atoms with van der Waals surface area (Å²) in [6, 6.07) is 5.38. The molecule has 19 heavy (non-hydrogen) atoms. The lowest BCUT2D eigenvalue weighted by atomic mass is 10.1. The quantitative estimate of drug-likeness (QED) is 0.899. The van der Waals surface area contributed by atoms with Gasteiger partial charge >= 0.3 is 5.97 Å². The Morgan fingerprint density at radius 2 is 2.16 bits per heavy atom. The van der Waals surface area contributed by atoms with Crippen molar-refractivity contribution >= 4 is 17.7 Å². The minimum absolute atomic E-state index is 0.0476. The second kappa shape index (κ2) is 6.70. The Hall–Kier alpha value is -1.36. The average Bonchev–Trinajstić information content (AvgIpc) is 2.41. The van der Waals surface area contributed by atoms with Gasteiger partial charge in [0.05, 0.1) is 13.5 Å². The van der Waals surface area contributed by atoms with Crippen LogP contribution in [-0.2, 0) is 11.2 Å². The van der Waals surface area contributed by atoms with Gasteiger partial charge in [-0.3, -0.25) is 4.79 Å². The minimum atomic E-state index is -0.864. The van der Waals surface area contributed by atoms with Crippen LogP contribution in [0.5, 0.6) is 11.5 Å². The van der Waals surface area contributed by atoms with Gasteiger partial charge in [-0.25, -0.2) is 0 Å². The number of para-hydroxylation sites is 1. The molecular weight excluding hydrogens is 264 g/mol. The number of hydrogen-bond donors (Lipinski definition) is 1. The molecule has 0 spiro atoms. The normalized spacial score (nSPS) is 16.1. The van der Waals surface area contributed by atoms with Crippen LogP contribution < -0.4 is 9.47 Å². The first-order valence-electron chi connectivity index (χ1n) is 6.32. The molecule has 5 heteroatoms. The first-order valence-corrected chi connectivity index (χ1v) is 7.48. The zero-order valence-corrected chi connectivity index (χ0v) is 11.7. The van der Waals surface area contributed by atoms with E-state index in [4.69, 9.17) is 14.6 Å². The third kappa shape index (κ3) is 3.80. The summed E-state index contributed by atoms with van der Waals surface area (Å²) in [5, 5.41) is 8.96. The van der Waals surface area contributed by atoms with Crippen molar-refractivity contribution in [1.82, 2.24) is 0 Å². The fraction of sp³-hybridized carbons (Fsp3) is 0.500. The molecule has 0 radical (unpaired) electrons. The predicted octanol–water partition coefficient (Wildman–Crippen LogP) is 2.60. The van der Waals surface area contributed by atoms with Gasteiger partial charge in [0.25, 0.3) is 0 Å². The van der Waals surface area contributed by atoms with E-state index in [2.05, 4.69) is 0 Å². The summed E-state index contributed by atoms with van der Waals surface area (Å²) >= 11 is 1.93. The number of methoxy groups -OCH3 is 1. The van der Waals surface area contributed by atoms with Crippen LogP contribution in [0.4, 0.5) is 0 Å². The highest BCUT2D eigenvalue weighted by Gasteiger charge is 2.20. The Balaban J connectivity index is 2.21. The molecule has 0 unspecified atom stereocenters. The molecule has 2 rings (SSSR count). The van der Waals surface area contributed by atoms with E-state index in [9.17, 15) is 4.79 Å². The number of ether oxygens (including phenoxy) is 2. The van der Waals surface area contributed by atoms with Crippen molar-refractivity contribution in [2.24, 2.45) is 0 Å². The molecule has 0 saturated carbocycles. The molecule has 1 heterocycles. The van der Waals surface area contributed by atoms with E-state index < -0.39 is 5.97 Å². The van der Waals surface area contributed by atoms with Gasteiger partial charge in [-0.15, -0.1) is 0 Å². The lowest BCUT2D eigenvalue weighted by Gasteiger charge is -2.25. The van der Waals surface area contributed by atoms with Crippen molar-refractivity contribution in [2.45, 2.75) is 25.4 Å². The largest absolute Gasteiger partial charge is 0.493 e. The Morgan fingerprint density at radius 1 is 1.42 bits per heavy atom. The molecule has 104 valence electrons. The minimum Gasteiger partial charge on any atom is -0.493 e. The summed E-state index contributed by atoms with van der Waals surface area (Å²) in [5.41, 5.74) is 0.671. The van der Waals surface area contributed by atoms with Crippen LogP contribution in [0.3, 0.4) is 0 Å². The molecule has 0 amide bonds. The van der Waals surface area contributed by atoms with E-state index in [1.165, 1.54) is 0 Å². The first-order chi connectivity index (χ1) is 9.20. The van der Waals surface area contributed by atoms with E-state index in [0.29, 0.717) is 17.1 Å². The van der Waals surface area contributed by atoms with E-state index in [1.54, 1.807) is 25.3 Å². The Kier molecular flexibility index (Phi) is 4.96. The summed E-state index contributed by atoms with van der Waals surface area (Å²) in [6.07, 6.45) is 2.10. The highest BCUT2D eigenvalue weighted by molar-refractivity contribution is 7.99. The van der Waals surface area contributed by atoms with E-state index in [-0.39, 0.29) is 12.5 Å². The predicted molar refractivity (Wildman–Crippen MR) is 75.3 cm³/mol. The van der Waals surface area contributed by atoms with Gasteiger partial charge in [0.2, 0.25) is 0 Å². The van der Waals surface area contributed by atoms with Crippen LogP contribution in [-0.4, -0.2) is 35.8 Å². The Labute approximate surface area is 117 Å². The highest BCUT2D eigenvalue weighted by atomic mass is 32.2. The maximum atomic E-state index is 10.9. The monoisotopic (exact) mass is 282 g/mol. The number of carboxylic acids is 1. The fourth-order valence-corrected chi connectivity index (χ4v) is 3.18. The van der Waals surface area contributed by atoms with E-state index in [0.717, 1.165) is 24.3 Å². The number of carbonyl (C=O) groups is 1. The lowest BCUT2D eigenvalue weighted by Crippen LogP contribution is -2.23. The standard InChI is InChI=1S/C14H18O4S/c1-17-12-4-2-3-10(9-13(15)16)14(12)18-11-5-7-19-8-6-11/h2-4,11H,5-9H2,1H3,(H,15,16). The SMILES string of the molecule is COc1cccc(CC(=O)O)c1OC1CCSCC1. The van der Waals surface area contributed by atoms with Gasteiger partial charge in [-0.05, 0) is 30.4 Å². The summed E-state index contributed by atoms with van der Waals surface area (Å²) in [5.74, 6) is 2.51. The summed E-state index contributed by atoms with van der Waals surface area (Å²) in [6.45, 7) is 0. The number of hydrogen-bond acceptors (Lipinski definition) is 4. The van der Waals surface area contributed by atoms with Crippen LogP contribution in [0.1, 0.15) is 18.4 Å². The van der Waals surface area contributed by atoms with E-state index in [1.807, 2.05) is 11.8 Å². The van der Waals surface area contributed by atoms with Crippen molar-refractivity contribution in [3.05, 3.63) is 23.8 Å². The number of benzene rings is 1. The van der Waals surface area contributed by atoms with Crippen molar-refractivity contribution in [3.63, 3.8) is 0 Å². The molecule has 1 N–H and O–H groups in total. The smallest absolute Gasteiger partial charge is 0.307 e. The molecule has 1 fully saturated rings. The van der Waals surface area contributed by atoms with Gasteiger partial charge in [-0.2, -0.15) is 11.8 Å². The maximum Gasteiger partial charge on any atom is 0.307 e. The lowest BCUT2D eigenvalue weighted by molar-refractivity contribution is -0.136. The number of thioether (sulfide) groups is 1. The first kappa shape index (κ1) is 14.1. The van der Waals surface area contributed by atoms with E-state index >= 15 is 0 Å². The topological polar surface area (TPSA) is 55.8 Å². The van der Waals surface area contributed by atoms with Crippen molar-refractivity contribution < 1.29 is 19.4 Å². The van der Waals surface area contributed by atoms with Crippen molar-refractivity contribution in [3.8, 4) is 11.5 Å². The zero-order chi connectivity index (χ0) is 13.7. The molecule has 1 saturated heterocycles. The Bertz CT molecular complexity index is 441. The van der Waals surface area contributed by atoms with Crippen LogP contribution >= 0.6 is 11.8 Å². The summed E-state index contributed by atoms with van der Waals surface area (Å²) in [7, 11) is 1.57. The molecule has 1 aromatic rings. The number of carboxylic acid groups (broad SMARTS) is 1. The van der Waals surface area contributed by atoms with Crippen LogP contribution in [0.25, 0.3) is 0 Å². The third-order valence-electron chi connectivity index (χ3n) is 3.07. The van der Waals surface area contributed by atoms with Gasteiger partial charge in [0, 0.05) is 5.56 Å². The van der Waals surface area contributed by atoms with Gasteiger partial charge in [0.1, 0.15) is 6.10 Å². The highest BCUT2D eigenvalue weighted by Crippen LogP contribution is 2.34. The molecule has 0 aromatic heterocycles. The zero-order valence-electron chi connectivity index (χ0n) is 10.9. The molecule has 0 atom stereocenters. The summed E-state index contributed by atoms with van der Waals surface area (Å²) in [4.78, 5) is 10.9. The van der Waals surface area contributed by atoms with Gasteiger partial charge < -0.3 is 14.6 Å². The Morgan fingerprint density at radius 3 is 2.79 bits per heavy atom. The third-order valence-corrected chi connectivity index (χ3v) is 4.12.